The highest BCUT2D eigenvalue weighted by Gasteiger charge is 2.31. The van der Waals surface area contributed by atoms with Gasteiger partial charge in [0.25, 0.3) is 0 Å². The van der Waals surface area contributed by atoms with Crippen molar-refractivity contribution in [3.8, 4) is 5.75 Å². The summed E-state index contributed by atoms with van der Waals surface area (Å²) < 4.78 is 40.7. The molecule has 21 heavy (non-hydrogen) atoms. The number of ether oxygens (including phenoxy) is 1. The lowest BCUT2D eigenvalue weighted by atomic mass is 10.2. The van der Waals surface area contributed by atoms with Crippen LogP contribution in [0.3, 0.4) is 0 Å². The summed E-state index contributed by atoms with van der Waals surface area (Å²) in [7, 11) is 0. The van der Waals surface area contributed by atoms with Crippen LogP contribution in [0.2, 0.25) is 0 Å². The Hall–Kier alpha value is -1.05. The van der Waals surface area contributed by atoms with Crippen molar-refractivity contribution >= 4 is 27.3 Å². The highest BCUT2D eigenvalue weighted by molar-refractivity contribution is 9.10. The normalized spacial score (nSPS) is 11.7. The summed E-state index contributed by atoms with van der Waals surface area (Å²) in [6.07, 6.45) is -4.68. The van der Waals surface area contributed by atoms with E-state index in [1.165, 1.54) is 16.5 Å². The first-order valence-corrected chi connectivity index (χ1v) is 7.80. The largest absolute Gasteiger partial charge is 0.573 e. The van der Waals surface area contributed by atoms with E-state index in [9.17, 15) is 13.2 Å². The topological polar surface area (TPSA) is 21.3 Å². The fourth-order valence-electron chi connectivity index (χ4n) is 1.77. The predicted octanol–water partition coefficient (Wildman–Crippen LogP) is 5.01. The van der Waals surface area contributed by atoms with Gasteiger partial charge in [0.2, 0.25) is 0 Å². The molecule has 0 amide bonds. The van der Waals surface area contributed by atoms with Crippen LogP contribution >= 0.6 is 27.3 Å². The quantitative estimate of drug-likeness (QED) is 0.788. The number of halogens is 4. The van der Waals surface area contributed by atoms with Gasteiger partial charge in [-0.15, -0.1) is 24.5 Å². The third-order valence-electron chi connectivity index (χ3n) is 2.80. The minimum atomic E-state index is -4.68. The number of hydrogen-bond donors (Lipinski definition) is 1. The molecule has 0 radical (unpaired) electrons. The zero-order valence-corrected chi connectivity index (χ0v) is 13.5. The molecule has 1 aromatic carbocycles. The summed E-state index contributed by atoms with van der Waals surface area (Å²) in [5.41, 5.74) is 2.12. The molecule has 7 heteroatoms. The summed E-state index contributed by atoms with van der Waals surface area (Å²) in [5.74, 6) is -0.236. The van der Waals surface area contributed by atoms with Crippen LogP contribution in [0.1, 0.15) is 16.0 Å². The second kappa shape index (κ2) is 6.81. The van der Waals surface area contributed by atoms with E-state index in [-0.39, 0.29) is 10.2 Å². The Labute approximate surface area is 133 Å². The van der Waals surface area contributed by atoms with Gasteiger partial charge in [0.15, 0.2) is 0 Å². The van der Waals surface area contributed by atoms with Gasteiger partial charge < -0.3 is 10.1 Å². The Morgan fingerprint density at radius 2 is 2.00 bits per heavy atom. The lowest BCUT2D eigenvalue weighted by Crippen LogP contribution is -2.17. The maximum atomic E-state index is 12.2. The minimum Gasteiger partial charge on any atom is -0.405 e. The highest BCUT2D eigenvalue weighted by atomic mass is 79.9. The second-order valence-corrected chi connectivity index (χ2v) is 6.30. The van der Waals surface area contributed by atoms with E-state index in [1.54, 1.807) is 23.5 Å². The second-order valence-electron chi connectivity index (χ2n) is 4.44. The van der Waals surface area contributed by atoms with Gasteiger partial charge in [-0.2, -0.15) is 0 Å². The van der Waals surface area contributed by atoms with E-state index in [4.69, 9.17) is 0 Å². The van der Waals surface area contributed by atoms with Crippen molar-refractivity contribution in [3.63, 3.8) is 0 Å². The molecule has 0 aliphatic carbocycles. The number of rotatable bonds is 5. The van der Waals surface area contributed by atoms with Crippen LogP contribution in [0.15, 0.2) is 34.1 Å². The van der Waals surface area contributed by atoms with Gasteiger partial charge in [0, 0.05) is 18.0 Å². The van der Waals surface area contributed by atoms with Crippen LogP contribution in [-0.4, -0.2) is 6.36 Å². The molecular formula is C14H13BrF3NOS. The lowest BCUT2D eigenvalue weighted by Gasteiger charge is -2.12. The van der Waals surface area contributed by atoms with Crippen LogP contribution in [0, 0.1) is 6.92 Å². The van der Waals surface area contributed by atoms with Crippen molar-refractivity contribution in [2.75, 3.05) is 0 Å². The van der Waals surface area contributed by atoms with Gasteiger partial charge in [0.1, 0.15) is 5.75 Å². The molecule has 0 aliphatic heterocycles. The predicted molar refractivity (Wildman–Crippen MR) is 80.4 cm³/mol. The van der Waals surface area contributed by atoms with Crippen LogP contribution < -0.4 is 10.1 Å². The van der Waals surface area contributed by atoms with Gasteiger partial charge in [0.05, 0.1) is 4.47 Å². The van der Waals surface area contributed by atoms with E-state index < -0.39 is 6.36 Å². The van der Waals surface area contributed by atoms with Crippen LogP contribution in [-0.2, 0) is 13.1 Å². The van der Waals surface area contributed by atoms with Gasteiger partial charge >= 0.3 is 6.36 Å². The lowest BCUT2D eigenvalue weighted by molar-refractivity contribution is -0.274. The third-order valence-corrected chi connectivity index (χ3v) is 4.45. The molecular weight excluding hydrogens is 367 g/mol. The fourth-order valence-corrected chi connectivity index (χ4v) is 3.15. The van der Waals surface area contributed by atoms with E-state index in [1.807, 2.05) is 12.3 Å². The Bertz CT molecular complexity index is 613. The monoisotopic (exact) mass is 379 g/mol. The molecule has 114 valence electrons. The van der Waals surface area contributed by atoms with E-state index in [0.29, 0.717) is 6.54 Å². The molecule has 0 atom stereocenters. The third kappa shape index (κ3) is 5.01. The van der Waals surface area contributed by atoms with Crippen molar-refractivity contribution < 1.29 is 17.9 Å². The van der Waals surface area contributed by atoms with Crippen molar-refractivity contribution in [1.29, 1.82) is 0 Å². The van der Waals surface area contributed by atoms with Crippen LogP contribution in [0.5, 0.6) is 5.75 Å². The summed E-state index contributed by atoms with van der Waals surface area (Å²) in [6, 6.07) is 6.60. The number of alkyl halides is 3. The number of nitrogens with one attached hydrogen (secondary N) is 1. The number of aryl methyl sites for hydroxylation is 1. The summed E-state index contributed by atoms with van der Waals surface area (Å²) in [6.45, 7) is 3.36. The maximum Gasteiger partial charge on any atom is 0.573 e. The van der Waals surface area contributed by atoms with Gasteiger partial charge in [-0.25, -0.2) is 0 Å². The number of hydrogen-bond acceptors (Lipinski definition) is 3. The standard InChI is InChI=1S/C14H13BrF3NOS/c1-9-4-5-21-13(9)8-19-7-10-2-3-12(11(15)6-10)20-14(16,17)18/h2-6,19H,7-8H2,1H3. The van der Waals surface area contributed by atoms with Gasteiger partial charge in [-0.05, 0) is 57.6 Å². The molecule has 0 bridgehead atoms. The Morgan fingerprint density at radius 1 is 1.24 bits per heavy atom. The molecule has 2 aromatic rings. The molecule has 0 unspecified atom stereocenters. The van der Waals surface area contributed by atoms with Crippen LogP contribution in [0.25, 0.3) is 0 Å². The fraction of sp³-hybridized carbons (Fsp3) is 0.286. The van der Waals surface area contributed by atoms with Crippen molar-refractivity contribution in [1.82, 2.24) is 5.32 Å². The van der Waals surface area contributed by atoms with Gasteiger partial charge in [-0.1, -0.05) is 6.07 Å². The zero-order valence-electron chi connectivity index (χ0n) is 11.1. The number of thiophene rings is 1. The molecule has 0 fully saturated rings. The van der Waals surface area contributed by atoms with Crippen molar-refractivity contribution in [2.24, 2.45) is 0 Å². The molecule has 2 rings (SSSR count). The average molecular weight is 380 g/mol. The number of benzene rings is 1. The maximum absolute atomic E-state index is 12.2. The smallest absolute Gasteiger partial charge is 0.405 e. The summed E-state index contributed by atoms with van der Waals surface area (Å²) >= 11 is 4.77. The SMILES string of the molecule is Cc1ccsc1CNCc1ccc(OC(F)(F)F)c(Br)c1. The first-order valence-electron chi connectivity index (χ1n) is 6.13. The van der Waals surface area contributed by atoms with E-state index >= 15 is 0 Å². The Kier molecular flexibility index (Phi) is 5.29. The first-order chi connectivity index (χ1) is 9.85. The molecule has 0 saturated carbocycles. The first kappa shape index (κ1) is 16.3. The summed E-state index contributed by atoms with van der Waals surface area (Å²) in [5, 5.41) is 5.30. The van der Waals surface area contributed by atoms with Crippen molar-refractivity contribution in [3.05, 3.63) is 50.1 Å². The Balaban J connectivity index is 1.93. The molecule has 1 heterocycles. The van der Waals surface area contributed by atoms with Crippen LogP contribution in [0.4, 0.5) is 13.2 Å². The molecule has 2 nitrogen and oxygen atoms in total. The highest BCUT2D eigenvalue weighted by Crippen LogP contribution is 2.31. The molecule has 0 saturated heterocycles. The van der Waals surface area contributed by atoms with Gasteiger partial charge in [-0.3, -0.25) is 0 Å². The molecule has 0 spiro atoms. The Morgan fingerprint density at radius 3 is 2.57 bits per heavy atom. The van der Waals surface area contributed by atoms with E-state index in [2.05, 4.69) is 32.0 Å². The molecule has 1 aromatic heterocycles. The minimum absolute atomic E-state index is 0.236. The summed E-state index contributed by atoms with van der Waals surface area (Å²) in [4.78, 5) is 1.26. The average Bonchev–Trinajstić information content (AvgIpc) is 2.77. The van der Waals surface area contributed by atoms with E-state index in [0.717, 1.165) is 12.1 Å². The van der Waals surface area contributed by atoms with Crippen molar-refractivity contribution in [2.45, 2.75) is 26.4 Å². The zero-order chi connectivity index (χ0) is 15.5. The molecule has 1 N–H and O–H groups in total. The molecule has 0 aliphatic rings.